The minimum atomic E-state index is -0.355. The van der Waals surface area contributed by atoms with Gasteiger partial charge in [-0.05, 0) is 40.9 Å². The first-order valence-electron chi connectivity index (χ1n) is 5.91. The van der Waals surface area contributed by atoms with E-state index in [1.54, 1.807) is 13.2 Å². The largest absolute Gasteiger partial charge is 0.465 e. The van der Waals surface area contributed by atoms with E-state index in [-0.39, 0.29) is 5.97 Å². The van der Waals surface area contributed by atoms with Gasteiger partial charge in [0.25, 0.3) is 0 Å². The van der Waals surface area contributed by atoms with Gasteiger partial charge in [0.15, 0.2) is 0 Å². The van der Waals surface area contributed by atoms with Gasteiger partial charge in [-0.1, -0.05) is 15.9 Å². The minimum Gasteiger partial charge on any atom is -0.465 e. The number of benzene rings is 1. The normalized spacial score (nSPS) is 21.7. The molecule has 0 saturated heterocycles. The molecule has 0 unspecified atom stereocenters. The van der Waals surface area contributed by atoms with Crippen LogP contribution in [0.2, 0.25) is 0 Å². The number of hydrogen-bond acceptors (Lipinski definition) is 4. The number of hydrogen-bond donors (Lipinski definition) is 1. The van der Waals surface area contributed by atoms with Crippen molar-refractivity contribution in [2.75, 3.05) is 19.5 Å². The SMILES string of the molecule is COC(=O)c1cc(Br)cc(Br)c1NC1CC(OC)C1. The van der Waals surface area contributed by atoms with E-state index in [0.717, 1.165) is 27.5 Å². The van der Waals surface area contributed by atoms with Gasteiger partial charge >= 0.3 is 5.97 Å². The molecule has 0 atom stereocenters. The molecular weight excluding hydrogens is 378 g/mol. The van der Waals surface area contributed by atoms with Crippen molar-refractivity contribution in [3.05, 3.63) is 26.6 Å². The fourth-order valence-corrected chi connectivity index (χ4v) is 3.41. The standard InChI is InChI=1S/C13H15Br2NO3/c1-18-9-5-8(6-9)16-12-10(13(17)19-2)3-7(14)4-11(12)15/h3-4,8-9,16H,5-6H2,1-2H3. The number of rotatable bonds is 4. The molecule has 104 valence electrons. The third kappa shape index (κ3) is 3.30. The summed E-state index contributed by atoms with van der Waals surface area (Å²) in [6, 6.07) is 3.98. The van der Waals surface area contributed by atoms with Crippen molar-refractivity contribution < 1.29 is 14.3 Å². The van der Waals surface area contributed by atoms with E-state index in [1.807, 2.05) is 6.07 Å². The number of nitrogens with one attached hydrogen (secondary N) is 1. The molecule has 4 nitrogen and oxygen atoms in total. The summed E-state index contributed by atoms with van der Waals surface area (Å²) in [7, 11) is 3.10. The Morgan fingerprint density at radius 1 is 1.32 bits per heavy atom. The average molecular weight is 393 g/mol. The van der Waals surface area contributed by atoms with Crippen molar-refractivity contribution in [3.8, 4) is 0 Å². The Morgan fingerprint density at radius 2 is 2.00 bits per heavy atom. The maximum Gasteiger partial charge on any atom is 0.340 e. The summed E-state index contributed by atoms with van der Waals surface area (Å²) in [6.07, 6.45) is 2.20. The number of halogens is 2. The molecule has 1 saturated carbocycles. The van der Waals surface area contributed by atoms with Crippen LogP contribution in [-0.4, -0.2) is 32.3 Å². The monoisotopic (exact) mass is 391 g/mol. The molecule has 6 heteroatoms. The molecule has 0 amide bonds. The molecule has 1 fully saturated rings. The van der Waals surface area contributed by atoms with Crippen LogP contribution in [0.15, 0.2) is 21.1 Å². The van der Waals surface area contributed by atoms with Crippen molar-refractivity contribution in [3.63, 3.8) is 0 Å². The summed E-state index contributed by atoms with van der Waals surface area (Å²) in [5.41, 5.74) is 1.29. The molecule has 2 rings (SSSR count). The molecule has 1 N–H and O–H groups in total. The van der Waals surface area contributed by atoms with Gasteiger partial charge in [-0.15, -0.1) is 0 Å². The second kappa shape index (κ2) is 6.24. The molecule has 0 spiro atoms. The lowest BCUT2D eigenvalue weighted by Crippen LogP contribution is -2.40. The van der Waals surface area contributed by atoms with Crippen LogP contribution in [0.25, 0.3) is 0 Å². The zero-order valence-corrected chi connectivity index (χ0v) is 13.9. The molecule has 1 aliphatic rings. The summed E-state index contributed by atoms with van der Waals surface area (Å²) in [6.45, 7) is 0. The van der Waals surface area contributed by atoms with Crippen molar-refractivity contribution in [2.45, 2.75) is 25.0 Å². The first-order chi connectivity index (χ1) is 9.05. The van der Waals surface area contributed by atoms with Crippen molar-refractivity contribution >= 4 is 43.5 Å². The van der Waals surface area contributed by atoms with Gasteiger partial charge in [-0.3, -0.25) is 0 Å². The Morgan fingerprint density at radius 3 is 2.58 bits per heavy atom. The van der Waals surface area contributed by atoms with E-state index in [0.29, 0.717) is 17.7 Å². The summed E-state index contributed by atoms with van der Waals surface area (Å²) >= 11 is 6.85. The lowest BCUT2D eigenvalue weighted by atomic mass is 9.89. The third-order valence-electron chi connectivity index (χ3n) is 3.24. The minimum absolute atomic E-state index is 0.313. The maximum atomic E-state index is 11.8. The predicted molar refractivity (Wildman–Crippen MR) is 80.6 cm³/mol. The second-order valence-electron chi connectivity index (χ2n) is 4.47. The lowest BCUT2D eigenvalue weighted by Gasteiger charge is -2.36. The van der Waals surface area contributed by atoms with Crippen LogP contribution in [0, 0.1) is 0 Å². The van der Waals surface area contributed by atoms with Crippen LogP contribution >= 0.6 is 31.9 Å². The molecule has 0 radical (unpaired) electrons. The van der Waals surface area contributed by atoms with E-state index in [2.05, 4.69) is 37.2 Å². The van der Waals surface area contributed by atoms with Crippen molar-refractivity contribution in [1.82, 2.24) is 0 Å². The summed E-state index contributed by atoms with van der Waals surface area (Å²) in [5, 5.41) is 3.37. The van der Waals surface area contributed by atoms with Gasteiger partial charge in [0.1, 0.15) is 0 Å². The number of carbonyl (C=O) groups is 1. The fourth-order valence-electron chi connectivity index (χ4n) is 2.07. The van der Waals surface area contributed by atoms with Crippen LogP contribution < -0.4 is 5.32 Å². The van der Waals surface area contributed by atoms with Gasteiger partial charge in [0.2, 0.25) is 0 Å². The van der Waals surface area contributed by atoms with Crippen LogP contribution in [-0.2, 0) is 9.47 Å². The van der Waals surface area contributed by atoms with Crippen LogP contribution in [0.3, 0.4) is 0 Å². The maximum absolute atomic E-state index is 11.8. The molecule has 0 aromatic heterocycles. The molecule has 19 heavy (non-hydrogen) atoms. The van der Waals surface area contributed by atoms with E-state index < -0.39 is 0 Å². The smallest absolute Gasteiger partial charge is 0.340 e. The summed E-state index contributed by atoms with van der Waals surface area (Å²) < 4.78 is 11.7. The Bertz CT molecular complexity index is 487. The quantitative estimate of drug-likeness (QED) is 0.795. The van der Waals surface area contributed by atoms with E-state index in [4.69, 9.17) is 9.47 Å². The highest BCUT2D eigenvalue weighted by Gasteiger charge is 2.30. The zero-order valence-electron chi connectivity index (χ0n) is 10.7. The highest BCUT2D eigenvalue weighted by Crippen LogP contribution is 2.35. The Hall–Kier alpha value is -0.590. The number of esters is 1. The molecule has 0 heterocycles. The molecule has 0 aliphatic heterocycles. The van der Waals surface area contributed by atoms with Gasteiger partial charge in [-0.25, -0.2) is 4.79 Å². The van der Waals surface area contributed by atoms with Crippen LogP contribution in [0.4, 0.5) is 5.69 Å². The van der Waals surface area contributed by atoms with Crippen molar-refractivity contribution in [1.29, 1.82) is 0 Å². The molecule has 1 aromatic carbocycles. The Kier molecular flexibility index (Phi) is 4.86. The molecular formula is C13H15Br2NO3. The van der Waals surface area contributed by atoms with Crippen molar-refractivity contribution in [2.24, 2.45) is 0 Å². The number of carbonyl (C=O) groups excluding carboxylic acids is 1. The van der Waals surface area contributed by atoms with E-state index >= 15 is 0 Å². The van der Waals surface area contributed by atoms with E-state index in [9.17, 15) is 4.79 Å². The third-order valence-corrected chi connectivity index (χ3v) is 4.32. The number of ether oxygens (including phenoxy) is 2. The topological polar surface area (TPSA) is 47.6 Å². The summed E-state index contributed by atoms with van der Waals surface area (Å²) in [5.74, 6) is -0.355. The highest BCUT2D eigenvalue weighted by molar-refractivity contribution is 9.11. The van der Waals surface area contributed by atoms with E-state index in [1.165, 1.54) is 7.11 Å². The van der Waals surface area contributed by atoms with Gasteiger partial charge in [0, 0.05) is 22.1 Å². The molecule has 0 bridgehead atoms. The van der Waals surface area contributed by atoms with Gasteiger partial charge in [-0.2, -0.15) is 0 Å². The zero-order chi connectivity index (χ0) is 14.0. The number of methoxy groups -OCH3 is 2. The average Bonchev–Trinajstić information content (AvgIpc) is 2.33. The first kappa shape index (κ1) is 14.8. The number of anilines is 1. The molecule has 1 aliphatic carbocycles. The molecule has 1 aromatic rings. The van der Waals surface area contributed by atoms with Gasteiger partial charge in [0.05, 0.1) is 24.5 Å². The Balaban J connectivity index is 2.21. The van der Waals surface area contributed by atoms with Gasteiger partial charge < -0.3 is 14.8 Å². The summed E-state index contributed by atoms with van der Waals surface area (Å²) in [4.78, 5) is 11.8. The van der Waals surface area contributed by atoms with Crippen LogP contribution in [0.1, 0.15) is 23.2 Å². The predicted octanol–water partition coefficient (Wildman–Crippen LogP) is 3.59. The lowest BCUT2D eigenvalue weighted by molar-refractivity contribution is 0.0328. The van der Waals surface area contributed by atoms with Crippen LogP contribution in [0.5, 0.6) is 0 Å². The Labute approximate surface area is 129 Å². The fraction of sp³-hybridized carbons (Fsp3) is 0.462. The highest BCUT2D eigenvalue weighted by atomic mass is 79.9. The first-order valence-corrected chi connectivity index (χ1v) is 7.50. The second-order valence-corrected chi connectivity index (χ2v) is 6.24.